The van der Waals surface area contributed by atoms with Gasteiger partial charge in [0.1, 0.15) is 0 Å². The third-order valence-electron chi connectivity index (χ3n) is 2.66. The molecule has 5 heteroatoms. The first-order valence-corrected chi connectivity index (χ1v) is 17.3. The SMILES string of the molecule is CC(=O)OCCCCCc1n[c]([Sn]([CH3])([CH3])[CH3])cs1. The second kappa shape index (κ2) is 7.48. The molecule has 1 aromatic heterocycles. The molecule has 3 nitrogen and oxygen atoms in total. The van der Waals surface area contributed by atoms with Crippen molar-refractivity contribution in [3.63, 3.8) is 0 Å². The molecule has 1 heterocycles. The number of hydrogen-bond donors (Lipinski definition) is 0. The predicted octanol–water partition coefficient (Wildman–Crippen LogP) is 2.96. The Labute approximate surface area is 118 Å². The van der Waals surface area contributed by atoms with Gasteiger partial charge in [0.15, 0.2) is 0 Å². The topological polar surface area (TPSA) is 39.2 Å². The number of hydrogen-bond acceptors (Lipinski definition) is 4. The summed E-state index contributed by atoms with van der Waals surface area (Å²) >= 11 is -0.152. The Kier molecular flexibility index (Phi) is 6.63. The van der Waals surface area contributed by atoms with Crippen molar-refractivity contribution in [3.05, 3.63) is 10.4 Å². The second-order valence-electron chi connectivity index (χ2n) is 5.53. The fourth-order valence-electron chi connectivity index (χ4n) is 1.54. The molecule has 0 radical (unpaired) electrons. The molecule has 0 aliphatic heterocycles. The minimum absolute atomic E-state index is 0.183. The fourth-order valence-corrected chi connectivity index (χ4v) is 7.71. The molecule has 102 valence electrons. The number of aromatic nitrogens is 1. The van der Waals surface area contributed by atoms with Gasteiger partial charge in [-0.2, -0.15) is 0 Å². The molecule has 0 fully saturated rings. The van der Waals surface area contributed by atoms with Crippen LogP contribution in [0, 0.1) is 0 Å². The number of ether oxygens (including phenoxy) is 1. The minimum atomic E-state index is -1.95. The van der Waals surface area contributed by atoms with E-state index in [1.54, 1.807) is 11.3 Å². The van der Waals surface area contributed by atoms with Crippen LogP contribution in [0.5, 0.6) is 0 Å². The summed E-state index contributed by atoms with van der Waals surface area (Å²) in [7, 11) is 0. The van der Waals surface area contributed by atoms with Crippen LogP contribution in [0.4, 0.5) is 0 Å². The number of unbranched alkanes of at least 4 members (excludes halogenated alkanes) is 2. The van der Waals surface area contributed by atoms with E-state index >= 15 is 0 Å². The van der Waals surface area contributed by atoms with Crippen LogP contribution in [0.2, 0.25) is 14.8 Å². The molecule has 1 rings (SSSR count). The maximum absolute atomic E-state index is 10.6. The summed E-state index contributed by atoms with van der Waals surface area (Å²) in [5.41, 5.74) is 0. The maximum atomic E-state index is 10.6. The Morgan fingerprint density at radius 1 is 1.33 bits per heavy atom. The second-order valence-corrected chi connectivity index (χ2v) is 20.8. The van der Waals surface area contributed by atoms with Gasteiger partial charge in [0, 0.05) is 0 Å². The van der Waals surface area contributed by atoms with E-state index in [1.807, 2.05) is 0 Å². The van der Waals surface area contributed by atoms with Crippen molar-refractivity contribution in [2.45, 2.75) is 47.4 Å². The van der Waals surface area contributed by atoms with E-state index in [2.05, 4.69) is 20.2 Å². The summed E-state index contributed by atoms with van der Waals surface area (Å²) in [6.45, 7) is 2.01. The van der Waals surface area contributed by atoms with Crippen LogP contribution in [-0.4, -0.2) is 35.9 Å². The van der Waals surface area contributed by atoms with Crippen molar-refractivity contribution < 1.29 is 9.53 Å². The van der Waals surface area contributed by atoms with Crippen molar-refractivity contribution in [2.24, 2.45) is 0 Å². The molecule has 0 unspecified atom stereocenters. The summed E-state index contributed by atoms with van der Waals surface area (Å²) in [4.78, 5) is 22.5. The number of aryl methyl sites for hydroxylation is 1. The molecule has 0 bridgehead atoms. The predicted molar refractivity (Wildman–Crippen MR) is 79.3 cm³/mol. The van der Waals surface area contributed by atoms with E-state index in [0.717, 1.165) is 25.7 Å². The third kappa shape index (κ3) is 6.18. The number of carbonyl (C=O) groups excluding carboxylic acids is 1. The van der Waals surface area contributed by atoms with Crippen LogP contribution in [0.3, 0.4) is 0 Å². The molecule has 0 saturated heterocycles. The molecule has 0 aliphatic rings. The summed E-state index contributed by atoms with van der Waals surface area (Å²) in [6, 6.07) is 0. The normalized spacial score (nSPS) is 11.6. The molecule has 1 aromatic rings. The van der Waals surface area contributed by atoms with Gasteiger partial charge < -0.3 is 0 Å². The Hall–Kier alpha value is -0.101. The van der Waals surface area contributed by atoms with E-state index in [-0.39, 0.29) is 5.97 Å². The summed E-state index contributed by atoms with van der Waals surface area (Å²) < 4.78 is 6.29. The van der Waals surface area contributed by atoms with E-state index in [4.69, 9.17) is 9.72 Å². The zero-order valence-electron chi connectivity index (χ0n) is 11.8. The van der Waals surface area contributed by atoms with Crippen LogP contribution >= 0.6 is 11.3 Å². The average Bonchev–Trinajstić information content (AvgIpc) is 2.71. The molecule has 0 amide bonds. The molecular weight excluding hydrogens is 353 g/mol. The van der Waals surface area contributed by atoms with Gasteiger partial charge in [-0.05, 0) is 0 Å². The van der Waals surface area contributed by atoms with Crippen LogP contribution in [0.25, 0.3) is 0 Å². The number of carbonyl (C=O) groups is 1. The molecule has 0 atom stereocenters. The first-order valence-electron chi connectivity index (χ1n) is 6.48. The number of rotatable bonds is 7. The average molecular weight is 376 g/mol. The first kappa shape index (κ1) is 16.0. The molecular formula is C13H23NO2SSn. The van der Waals surface area contributed by atoms with Crippen LogP contribution in [-0.2, 0) is 16.0 Å². The van der Waals surface area contributed by atoms with Crippen LogP contribution in [0.1, 0.15) is 31.2 Å². The molecule has 0 N–H and O–H groups in total. The Morgan fingerprint density at radius 2 is 2.06 bits per heavy atom. The van der Waals surface area contributed by atoms with Gasteiger partial charge in [-0.1, -0.05) is 0 Å². The van der Waals surface area contributed by atoms with E-state index in [0.29, 0.717) is 6.61 Å². The van der Waals surface area contributed by atoms with Crippen molar-refractivity contribution in [3.8, 4) is 0 Å². The molecule has 0 aromatic carbocycles. The summed E-state index contributed by atoms with van der Waals surface area (Å²) in [5.74, 6) is -0.183. The molecule has 0 aliphatic carbocycles. The number of nitrogens with zero attached hydrogens (tertiary/aromatic N) is 1. The van der Waals surface area contributed by atoms with Crippen molar-refractivity contribution in [1.82, 2.24) is 4.98 Å². The number of thiazole rings is 1. The van der Waals surface area contributed by atoms with Crippen LogP contribution in [0.15, 0.2) is 5.38 Å². The summed E-state index contributed by atoms with van der Waals surface area (Å²) in [6.07, 6.45) is 4.25. The zero-order valence-corrected chi connectivity index (χ0v) is 15.5. The Morgan fingerprint density at radius 3 is 2.61 bits per heavy atom. The number of esters is 1. The van der Waals surface area contributed by atoms with Crippen molar-refractivity contribution >= 4 is 39.4 Å². The fraction of sp³-hybridized carbons (Fsp3) is 0.692. The van der Waals surface area contributed by atoms with Gasteiger partial charge in [0.25, 0.3) is 0 Å². The molecule has 0 saturated carbocycles. The van der Waals surface area contributed by atoms with Crippen molar-refractivity contribution in [2.75, 3.05) is 6.61 Å². The molecule has 18 heavy (non-hydrogen) atoms. The van der Waals surface area contributed by atoms with Gasteiger partial charge in [0.05, 0.1) is 0 Å². The van der Waals surface area contributed by atoms with Gasteiger partial charge >= 0.3 is 118 Å². The standard InChI is InChI=1S/C10H14NO2S.3CH3.Sn/c1-9(12)13-7-4-2-3-5-10-11-6-8-14-10;;;;/h8H,2-5,7H2,1H3;3*1H3;. The Bertz CT molecular complexity index is 385. The van der Waals surface area contributed by atoms with E-state index < -0.39 is 18.4 Å². The van der Waals surface area contributed by atoms with E-state index in [1.165, 1.54) is 15.6 Å². The van der Waals surface area contributed by atoms with Gasteiger partial charge in [-0.3, -0.25) is 0 Å². The summed E-state index contributed by atoms with van der Waals surface area (Å²) in [5, 5.41) is 3.52. The van der Waals surface area contributed by atoms with Crippen LogP contribution < -0.4 is 3.71 Å². The van der Waals surface area contributed by atoms with Crippen molar-refractivity contribution in [1.29, 1.82) is 0 Å². The van der Waals surface area contributed by atoms with E-state index in [9.17, 15) is 4.79 Å². The quantitative estimate of drug-likeness (QED) is 0.417. The van der Waals surface area contributed by atoms with Gasteiger partial charge in [-0.25, -0.2) is 0 Å². The molecule has 0 spiro atoms. The monoisotopic (exact) mass is 377 g/mol. The Balaban J connectivity index is 2.20. The first-order chi connectivity index (χ1) is 8.39. The van der Waals surface area contributed by atoms with Gasteiger partial charge in [0.2, 0.25) is 0 Å². The zero-order chi connectivity index (χ0) is 13.6. The third-order valence-corrected chi connectivity index (χ3v) is 9.28. The van der Waals surface area contributed by atoms with Gasteiger partial charge in [-0.15, -0.1) is 0 Å².